The van der Waals surface area contributed by atoms with E-state index in [1.807, 2.05) is 12.2 Å². The van der Waals surface area contributed by atoms with Gasteiger partial charge in [-0.05, 0) is 6.08 Å². The van der Waals surface area contributed by atoms with Gasteiger partial charge in [-0.3, -0.25) is 0 Å². The topological polar surface area (TPSA) is 0 Å². The Hall–Kier alpha value is -1.00. The molecule has 0 atom stereocenters. The van der Waals surface area contributed by atoms with Crippen LogP contribution in [-0.4, -0.2) is 0 Å². The van der Waals surface area contributed by atoms with E-state index in [1.165, 1.54) is 0 Å². The Labute approximate surface area is 44.2 Å². The highest BCUT2D eigenvalue weighted by Crippen LogP contribution is 1.71. The molecule has 36 valence electrons. The average molecular weight is 92.1 g/mol. The van der Waals surface area contributed by atoms with Crippen molar-refractivity contribution in [2.75, 3.05) is 0 Å². The minimum Gasteiger partial charge on any atom is -0.129 e. The number of rotatable bonds is 2. The quantitative estimate of drug-likeness (QED) is 0.361. The van der Waals surface area contributed by atoms with Crippen molar-refractivity contribution in [3.63, 3.8) is 0 Å². The molecule has 0 heteroatoms. The fourth-order valence-corrected chi connectivity index (χ4v) is 0.202. The van der Waals surface area contributed by atoms with Crippen molar-refractivity contribution in [3.05, 3.63) is 43.2 Å². The van der Waals surface area contributed by atoms with Crippen molar-refractivity contribution in [1.29, 1.82) is 0 Å². The Balaban J connectivity index is 3.47. The van der Waals surface area contributed by atoms with E-state index in [2.05, 4.69) is 18.9 Å². The lowest BCUT2D eigenvalue weighted by Crippen LogP contribution is -1.40. The van der Waals surface area contributed by atoms with Crippen LogP contribution in [0.15, 0.2) is 43.2 Å². The maximum absolute atomic E-state index is 3.48. The molecule has 0 spiro atoms. The summed E-state index contributed by atoms with van der Waals surface area (Å²) in [6, 6.07) is 0. The van der Waals surface area contributed by atoms with Crippen LogP contribution in [0, 0.1) is 0 Å². The SMILES string of the molecule is C=C=CC=CC=C. The van der Waals surface area contributed by atoms with Gasteiger partial charge in [0.25, 0.3) is 0 Å². The van der Waals surface area contributed by atoms with Crippen LogP contribution < -0.4 is 0 Å². The second kappa shape index (κ2) is 5.00. The monoisotopic (exact) mass is 92.1 g/mol. The summed E-state index contributed by atoms with van der Waals surface area (Å²) in [5.41, 5.74) is 2.59. The molecule has 7 heavy (non-hydrogen) atoms. The molecule has 0 aliphatic carbocycles. The van der Waals surface area contributed by atoms with Crippen molar-refractivity contribution >= 4 is 0 Å². The Morgan fingerprint density at radius 1 is 1.29 bits per heavy atom. The van der Waals surface area contributed by atoms with E-state index in [1.54, 1.807) is 12.2 Å². The van der Waals surface area contributed by atoms with E-state index in [-0.39, 0.29) is 0 Å². The lowest BCUT2D eigenvalue weighted by atomic mass is 10.5. The number of allylic oxidation sites excluding steroid dienone is 4. The van der Waals surface area contributed by atoms with Gasteiger partial charge in [0.15, 0.2) is 0 Å². The molecular formula is C7H8. The molecule has 0 rings (SSSR count). The zero-order valence-electron chi connectivity index (χ0n) is 4.22. The van der Waals surface area contributed by atoms with Gasteiger partial charge in [0.05, 0.1) is 0 Å². The standard InChI is InChI=1S/C7H8/c1-3-5-7-6-4-2/h3,5-7H,1-2H2. The predicted octanol–water partition coefficient (Wildman–Crippen LogP) is 2.07. The van der Waals surface area contributed by atoms with Gasteiger partial charge in [-0.15, -0.1) is 5.73 Å². The van der Waals surface area contributed by atoms with Crippen LogP contribution in [0.1, 0.15) is 0 Å². The van der Waals surface area contributed by atoms with Gasteiger partial charge in [-0.1, -0.05) is 31.4 Å². The summed E-state index contributed by atoms with van der Waals surface area (Å²) in [6.45, 7) is 6.84. The third kappa shape index (κ3) is 5.00. The van der Waals surface area contributed by atoms with E-state index in [0.29, 0.717) is 0 Å². The van der Waals surface area contributed by atoms with Crippen molar-refractivity contribution in [2.45, 2.75) is 0 Å². The highest BCUT2D eigenvalue weighted by Gasteiger charge is 1.50. The summed E-state index contributed by atoms with van der Waals surface area (Å²) in [6.07, 6.45) is 7.06. The van der Waals surface area contributed by atoms with Gasteiger partial charge in [0.1, 0.15) is 0 Å². The van der Waals surface area contributed by atoms with Crippen LogP contribution in [0.2, 0.25) is 0 Å². The van der Waals surface area contributed by atoms with Crippen LogP contribution in [0.5, 0.6) is 0 Å². The van der Waals surface area contributed by atoms with Crippen LogP contribution in [0.25, 0.3) is 0 Å². The second-order valence-electron chi connectivity index (χ2n) is 0.991. The first kappa shape index (κ1) is 6.00. The Bertz CT molecular complexity index is 112. The normalized spacial score (nSPS) is 8.00. The minimum atomic E-state index is 1.70. The molecule has 0 bridgehead atoms. The summed E-state index contributed by atoms with van der Waals surface area (Å²) in [5.74, 6) is 0. The summed E-state index contributed by atoms with van der Waals surface area (Å²) < 4.78 is 0. The third-order valence-electron chi connectivity index (χ3n) is 0.461. The molecule has 0 heterocycles. The highest BCUT2D eigenvalue weighted by molar-refractivity contribution is 5.07. The van der Waals surface area contributed by atoms with Gasteiger partial charge in [-0.2, -0.15) is 0 Å². The molecule has 0 radical (unpaired) electrons. The van der Waals surface area contributed by atoms with Crippen LogP contribution >= 0.6 is 0 Å². The third-order valence-corrected chi connectivity index (χ3v) is 0.461. The van der Waals surface area contributed by atoms with Gasteiger partial charge in [0, 0.05) is 0 Å². The van der Waals surface area contributed by atoms with Crippen molar-refractivity contribution < 1.29 is 0 Å². The minimum absolute atomic E-state index is 1.70. The first-order valence-electron chi connectivity index (χ1n) is 2.05. The molecule has 0 unspecified atom stereocenters. The molecule has 0 fully saturated rings. The molecule has 0 amide bonds. The van der Waals surface area contributed by atoms with Crippen LogP contribution in [0.4, 0.5) is 0 Å². The molecule has 0 aliphatic heterocycles. The van der Waals surface area contributed by atoms with Crippen molar-refractivity contribution in [3.8, 4) is 0 Å². The first-order chi connectivity index (χ1) is 3.41. The predicted molar refractivity (Wildman–Crippen MR) is 33.0 cm³/mol. The lowest BCUT2D eigenvalue weighted by molar-refractivity contribution is 1.96. The highest BCUT2D eigenvalue weighted by atomic mass is 13.6. The Morgan fingerprint density at radius 3 is 2.43 bits per heavy atom. The summed E-state index contributed by atoms with van der Waals surface area (Å²) >= 11 is 0. The van der Waals surface area contributed by atoms with Gasteiger partial charge in [0.2, 0.25) is 0 Å². The molecular weight excluding hydrogens is 84.1 g/mol. The molecule has 0 aliphatic rings. The van der Waals surface area contributed by atoms with Crippen molar-refractivity contribution in [2.24, 2.45) is 0 Å². The molecule has 0 nitrogen and oxygen atoms in total. The molecule has 0 aromatic heterocycles. The van der Waals surface area contributed by atoms with Gasteiger partial charge >= 0.3 is 0 Å². The van der Waals surface area contributed by atoms with Crippen molar-refractivity contribution in [1.82, 2.24) is 0 Å². The first-order valence-corrected chi connectivity index (χ1v) is 2.05. The lowest BCUT2D eigenvalue weighted by Gasteiger charge is -1.61. The average Bonchev–Trinajstić information content (AvgIpc) is 1.69. The van der Waals surface area contributed by atoms with E-state index >= 15 is 0 Å². The van der Waals surface area contributed by atoms with E-state index < -0.39 is 0 Å². The summed E-state index contributed by atoms with van der Waals surface area (Å²) in [7, 11) is 0. The largest absolute Gasteiger partial charge is 0.129 e. The molecule has 0 aromatic carbocycles. The number of hydrogen-bond acceptors (Lipinski definition) is 0. The number of hydrogen-bond donors (Lipinski definition) is 0. The second-order valence-corrected chi connectivity index (χ2v) is 0.991. The molecule has 0 saturated carbocycles. The smallest absolute Gasteiger partial charge is 0.0206 e. The molecule has 0 saturated heterocycles. The zero-order chi connectivity index (χ0) is 5.54. The molecule has 0 N–H and O–H groups in total. The van der Waals surface area contributed by atoms with Gasteiger partial charge in [-0.25, -0.2) is 0 Å². The van der Waals surface area contributed by atoms with Gasteiger partial charge < -0.3 is 0 Å². The van der Waals surface area contributed by atoms with Crippen LogP contribution in [0.3, 0.4) is 0 Å². The van der Waals surface area contributed by atoms with Crippen LogP contribution in [-0.2, 0) is 0 Å². The zero-order valence-corrected chi connectivity index (χ0v) is 4.22. The fourth-order valence-electron chi connectivity index (χ4n) is 0.202. The fraction of sp³-hybridized carbons (Fsp3) is 0. The van der Waals surface area contributed by atoms with E-state index in [0.717, 1.165) is 0 Å². The van der Waals surface area contributed by atoms with E-state index in [9.17, 15) is 0 Å². The van der Waals surface area contributed by atoms with E-state index in [4.69, 9.17) is 0 Å². The maximum atomic E-state index is 3.48. The molecule has 0 aromatic rings. The summed E-state index contributed by atoms with van der Waals surface area (Å²) in [4.78, 5) is 0. The summed E-state index contributed by atoms with van der Waals surface area (Å²) in [5, 5.41) is 0. The maximum Gasteiger partial charge on any atom is -0.0206 e. The Morgan fingerprint density at radius 2 is 2.00 bits per heavy atom. The Kier molecular flexibility index (Phi) is 4.29.